The largest absolute Gasteiger partial charge is 0.469 e. The molecular weight excluding hydrogens is 362 g/mol. The van der Waals surface area contributed by atoms with Crippen molar-refractivity contribution in [1.82, 2.24) is 5.01 Å². The van der Waals surface area contributed by atoms with Crippen LogP contribution in [0.15, 0.2) is 86.7 Å². The fraction of sp³-hybridized carbons (Fsp3) is 0.292. The van der Waals surface area contributed by atoms with E-state index < -0.39 is 0 Å². The summed E-state index contributed by atoms with van der Waals surface area (Å²) in [7, 11) is 0. The molecule has 2 aromatic rings. The molecule has 0 radical (unpaired) electrons. The van der Waals surface area contributed by atoms with E-state index in [0.29, 0.717) is 18.0 Å². The van der Waals surface area contributed by atoms with Gasteiger partial charge in [0.1, 0.15) is 11.5 Å². The molecule has 2 heterocycles. The van der Waals surface area contributed by atoms with Gasteiger partial charge < -0.3 is 4.42 Å². The number of furan rings is 1. The topological polar surface area (TPSA) is 58.2 Å². The number of carbonyl (C=O) groups excluding carboxylic acids is 1. The van der Waals surface area contributed by atoms with Crippen molar-refractivity contribution in [3.05, 3.63) is 83.5 Å². The third-order valence-electron chi connectivity index (χ3n) is 5.01. The number of benzene rings is 1. The molecule has 1 aliphatic heterocycles. The second-order valence-corrected chi connectivity index (χ2v) is 8.39. The standard InChI is InChI=1S/C24H25N3O2/c1-17-14-19(16-24(2,3)15-17)26-27-22(18-8-5-4-6-9-18)25-21(23(27)28)12-11-20-10-7-13-29-20/h4-10,12-14H,11,15-16H2,1-3H3/b21-12-,26-19-. The molecule has 0 atom stereocenters. The molecule has 4 rings (SSSR count). The van der Waals surface area contributed by atoms with Crippen molar-refractivity contribution >= 4 is 17.5 Å². The van der Waals surface area contributed by atoms with Crippen LogP contribution in [-0.4, -0.2) is 22.5 Å². The number of hydrazone groups is 1. The van der Waals surface area contributed by atoms with Gasteiger partial charge in [-0.25, -0.2) is 4.99 Å². The van der Waals surface area contributed by atoms with Crippen molar-refractivity contribution in [2.24, 2.45) is 15.5 Å². The molecule has 0 fully saturated rings. The molecule has 29 heavy (non-hydrogen) atoms. The van der Waals surface area contributed by atoms with Gasteiger partial charge in [0, 0.05) is 12.0 Å². The first-order chi connectivity index (χ1) is 13.9. The van der Waals surface area contributed by atoms with Gasteiger partial charge in [-0.2, -0.15) is 10.1 Å². The van der Waals surface area contributed by atoms with Gasteiger partial charge >= 0.3 is 0 Å². The molecule has 0 saturated heterocycles. The lowest BCUT2D eigenvalue weighted by Crippen LogP contribution is -2.31. The average molecular weight is 387 g/mol. The van der Waals surface area contributed by atoms with Crippen LogP contribution in [-0.2, 0) is 11.2 Å². The Kier molecular flexibility index (Phi) is 5.05. The van der Waals surface area contributed by atoms with Crippen LogP contribution in [0.3, 0.4) is 0 Å². The van der Waals surface area contributed by atoms with Crippen LogP contribution in [0, 0.1) is 5.41 Å². The minimum atomic E-state index is -0.211. The van der Waals surface area contributed by atoms with E-state index in [1.54, 1.807) is 12.3 Å². The smallest absolute Gasteiger partial charge is 0.298 e. The SMILES string of the molecule is CC1=C/C(=N/N2C(=O)/C(=C/Cc3ccco3)N=C2c2ccccc2)CC(C)(C)C1. The zero-order valence-electron chi connectivity index (χ0n) is 17.1. The summed E-state index contributed by atoms with van der Waals surface area (Å²) in [6, 6.07) is 13.4. The van der Waals surface area contributed by atoms with Crippen molar-refractivity contribution in [3.8, 4) is 0 Å². The van der Waals surface area contributed by atoms with Crippen LogP contribution in [0.4, 0.5) is 0 Å². The predicted molar refractivity (Wildman–Crippen MR) is 115 cm³/mol. The van der Waals surface area contributed by atoms with E-state index in [4.69, 9.17) is 9.52 Å². The molecule has 1 aliphatic carbocycles. The molecule has 1 amide bonds. The number of aliphatic imine (C=N–C) groups is 1. The van der Waals surface area contributed by atoms with Crippen LogP contribution >= 0.6 is 0 Å². The van der Waals surface area contributed by atoms with E-state index in [-0.39, 0.29) is 11.3 Å². The first-order valence-corrected chi connectivity index (χ1v) is 9.87. The Labute approximate surface area is 171 Å². The normalized spacial score (nSPS) is 21.6. The highest BCUT2D eigenvalue weighted by molar-refractivity contribution is 6.18. The summed E-state index contributed by atoms with van der Waals surface area (Å²) in [6.07, 6.45) is 7.88. The Hall–Kier alpha value is -3.21. The number of amides is 1. The van der Waals surface area contributed by atoms with Gasteiger partial charge in [-0.1, -0.05) is 49.8 Å². The molecule has 0 spiro atoms. The molecule has 1 aromatic heterocycles. The Morgan fingerprint density at radius 1 is 1.17 bits per heavy atom. The van der Waals surface area contributed by atoms with E-state index >= 15 is 0 Å². The van der Waals surface area contributed by atoms with Crippen LogP contribution in [0.1, 0.15) is 44.9 Å². The number of rotatable bonds is 4. The summed E-state index contributed by atoms with van der Waals surface area (Å²) in [5, 5.41) is 6.19. The Bertz CT molecular complexity index is 1030. The highest BCUT2D eigenvalue weighted by atomic mass is 16.3. The Balaban J connectivity index is 1.70. The predicted octanol–water partition coefficient (Wildman–Crippen LogP) is 5.12. The second-order valence-electron chi connectivity index (χ2n) is 8.39. The minimum Gasteiger partial charge on any atom is -0.469 e. The fourth-order valence-corrected chi connectivity index (χ4v) is 3.93. The van der Waals surface area contributed by atoms with Crippen molar-refractivity contribution in [2.75, 3.05) is 0 Å². The molecule has 5 heteroatoms. The van der Waals surface area contributed by atoms with Crippen LogP contribution in [0.2, 0.25) is 0 Å². The average Bonchev–Trinajstić information content (AvgIpc) is 3.28. The fourth-order valence-electron chi connectivity index (χ4n) is 3.93. The van der Waals surface area contributed by atoms with E-state index in [0.717, 1.165) is 29.9 Å². The van der Waals surface area contributed by atoms with Crippen LogP contribution in [0.25, 0.3) is 0 Å². The third-order valence-corrected chi connectivity index (χ3v) is 5.01. The van der Waals surface area contributed by atoms with Gasteiger partial charge in [-0.3, -0.25) is 4.79 Å². The number of amidine groups is 1. The van der Waals surface area contributed by atoms with Gasteiger partial charge in [0.15, 0.2) is 5.84 Å². The van der Waals surface area contributed by atoms with Gasteiger partial charge in [0.05, 0.1) is 12.0 Å². The first-order valence-electron chi connectivity index (χ1n) is 9.87. The van der Waals surface area contributed by atoms with Crippen molar-refractivity contribution in [1.29, 1.82) is 0 Å². The monoisotopic (exact) mass is 387 g/mol. The van der Waals surface area contributed by atoms with E-state index in [2.05, 4.69) is 31.8 Å². The van der Waals surface area contributed by atoms with E-state index in [1.807, 2.05) is 42.5 Å². The quantitative estimate of drug-likeness (QED) is 0.684. The highest BCUT2D eigenvalue weighted by Crippen LogP contribution is 2.34. The summed E-state index contributed by atoms with van der Waals surface area (Å²) < 4.78 is 5.37. The minimum absolute atomic E-state index is 0.127. The summed E-state index contributed by atoms with van der Waals surface area (Å²) in [5.41, 5.74) is 3.56. The number of hydrogen-bond acceptors (Lipinski definition) is 4. The van der Waals surface area contributed by atoms with Gasteiger partial charge in [0.25, 0.3) is 5.91 Å². The third kappa shape index (κ3) is 4.29. The Morgan fingerprint density at radius 3 is 2.66 bits per heavy atom. The summed E-state index contributed by atoms with van der Waals surface area (Å²) >= 11 is 0. The zero-order valence-corrected chi connectivity index (χ0v) is 17.1. The van der Waals surface area contributed by atoms with Gasteiger partial charge in [0.2, 0.25) is 0 Å². The van der Waals surface area contributed by atoms with Gasteiger partial charge in [-0.05, 0) is 49.5 Å². The number of carbonyl (C=O) groups is 1. The highest BCUT2D eigenvalue weighted by Gasteiger charge is 2.33. The zero-order chi connectivity index (χ0) is 20.4. The van der Waals surface area contributed by atoms with Crippen LogP contribution in [0.5, 0.6) is 0 Å². The lowest BCUT2D eigenvalue weighted by Gasteiger charge is -2.29. The Morgan fingerprint density at radius 2 is 1.97 bits per heavy atom. The van der Waals surface area contributed by atoms with Crippen molar-refractivity contribution < 1.29 is 9.21 Å². The first kappa shape index (κ1) is 19.1. The molecule has 5 nitrogen and oxygen atoms in total. The van der Waals surface area contributed by atoms with Crippen LogP contribution < -0.4 is 0 Å². The van der Waals surface area contributed by atoms with E-state index in [1.165, 1.54) is 10.6 Å². The lowest BCUT2D eigenvalue weighted by molar-refractivity contribution is -0.122. The molecule has 148 valence electrons. The summed E-state index contributed by atoms with van der Waals surface area (Å²) in [5.74, 6) is 1.14. The molecular formula is C24H25N3O2. The molecule has 0 unspecified atom stereocenters. The maximum atomic E-state index is 13.2. The number of hydrogen-bond donors (Lipinski definition) is 0. The maximum Gasteiger partial charge on any atom is 0.298 e. The molecule has 2 aliphatic rings. The van der Waals surface area contributed by atoms with E-state index in [9.17, 15) is 4.79 Å². The van der Waals surface area contributed by atoms with Gasteiger partial charge in [-0.15, -0.1) is 0 Å². The number of nitrogens with zero attached hydrogens (tertiary/aromatic N) is 3. The maximum absolute atomic E-state index is 13.2. The molecule has 0 bridgehead atoms. The van der Waals surface area contributed by atoms with Crippen molar-refractivity contribution in [3.63, 3.8) is 0 Å². The molecule has 0 N–H and O–H groups in total. The van der Waals surface area contributed by atoms with Crippen molar-refractivity contribution in [2.45, 2.75) is 40.0 Å². The lowest BCUT2D eigenvalue weighted by atomic mass is 9.77. The molecule has 0 saturated carbocycles. The second kappa shape index (κ2) is 7.66. The number of allylic oxidation sites excluding steroid dienone is 3. The summed E-state index contributed by atoms with van der Waals surface area (Å²) in [4.78, 5) is 17.8. The summed E-state index contributed by atoms with van der Waals surface area (Å²) in [6.45, 7) is 6.57. The molecule has 1 aromatic carbocycles.